The molecule has 0 radical (unpaired) electrons. The van der Waals surface area contributed by atoms with E-state index in [0.29, 0.717) is 18.2 Å². The third-order valence-electron chi connectivity index (χ3n) is 3.53. The molecule has 108 valence electrons. The van der Waals surface area contributed by atoms with Crippen LogP contribution in [0, 0.1) is 0 Å². The number of halogens is 2. The third-order valence-corrected chi connectivity index (χ3v) is 3.73. The molecule has 0 atom stereocenters. The Morgan fingerprint density at radius 2 is 1.85 bits per heavy atom. The van der Waals surface area contributed by atoms with Crippen LogP contribution < -0.4 is 4.90 Å². The Bertz CT molecular complexity index is 597. The van der Waals surface area contributed by atoms with E-state index in [1.54, 1.807) is 0 Å². The van der Waals surface area contributed by atoms with E-state index in [4.69, 9.17) is 11.6 Å². The third kappa shape index (κ3) is 2.70. The van der Waals surface area contributed by atoms with Crippen LogP contribution in [0.4, 0.5) is 10.2 Å². The fourth-order valence-electron chi connectivity index (χ4n) is 2.36. The van der Waals surface area contributed by atoms with Crippen molar-refractivity contribution in [1.82, 2.24) is 9.97 Å². The molecule has 0 saturated carbocycles. The molecule has 0 bridgehead atoms. The van der Waals surface area contributed by atoms with Crippen LogP contribution in [-0.4, -0.2) is 30.2 Å². The monoisotopic (exact) mass is 295 g/mol. The second-order valence-electron chi connectivity index (χ2n) is 5.09. The molecule has 2 aromatic rings. The first kappa shape index (κ1) is 15.0. The molecule has 5 heteroatoms. The van der Waals surface area contributed by atoms with Gasteiger partial charge < -0.3 is 4.90 Å². The number of hydrogen-bond donors (Lipinski definition) is 0. The van der Waals surface area contributed by atoms with E-state index in [1.807, 2.05) is 18.5 Å². The number of fused-ring (bicyclic) bond motifs is 1. The molecular weight excluding hydrogens is 277 g/mol. The fraction of sp³-hybridized carbons (Fsp3) is 0.467. The maximum atomic E-state index is 9.50. The molecule has 1 saturated heterocycles. The Kier molecular flexibility index (Phi) is 4.76. The number of aromatic nitrogens is 2. The van der Waals surface area contributed by atoms with Gasteiger partial charge in [0.25, 0.3) is 0 Å². The molecule has 0 spiro atoms. The predicted octanol–water partition coefficient (Wildman–Crippen LogP) is 4.20. The molecule has 1 aliphatic rings. The Hall–Kier alpha value is -1.42. The smallest absolute Gasteiger partial charge is 0.137 e. The molecule has 0 aromatic carbocycles. The summed E-state index contributed by atoms with van der Waals surface area (Å²) in [5.41, 5.74) is 1.23. The summed E-state index contributed by atoms with van der Waals surface area (Å²) in [4.78, 5) is 11.1. The molecule has 0 amide bonds. The number of alkyl halides is 1. The average Bonchev–Trinajstić information content (AvgIpc) is 2.38. The van der Waals surface area contributed by atoms with Gasteiger partial charge in [-0.1, -0.05) is 25.4 Å². The lowest BCUT2D eigenvalue weighted by molar-refractivity contribution is 0.612. The average molecular weight is 296 g/mol. The molecule has 3 heterocycles. The van der Waals surface area contributed by atoms with E-state index < -0.39 is 0 Å². The van der Waals surface area contributed by atoms with E-state index in [0.717, 1.165) is 24.3 Å². The summed E-state index contributed by atoms with van der Waals surface area (Å²) in [7, 11) is 0.500. The second-order valence-corrected chi connectivity index (χ2v) is 5.47. The number of nitrogens with zero attached hydrogens (tertiary/aromatic N) is 3. The molecular formula is C15H19ClFN3. The van der Waals surface area contributed by atoms with Crippen LogP contribution in [-0.2, 0) is 0 Å². The zero-order chi connectivity index (χ0) is 14.7. The fourth-order valence-corrected chi connectivity index (χ4v) is 2.51. The largest absolute Gasteiger partial charge is 0.356 e. The summed E-state index contributed by atoms with van der Waals surface area (Å²) < 4.78 is 9.50. The quantitative estimate of drug-likeness (QED) is 0.778. The maximum absolute atomic E-state index is 9.50. The van der Waals surface area contributed by atoms with Gasteiger partial charge in [-0.15, -0.1) is 0 Å². The molecule has 2 aromatic heterocycles. The van der Waals surface area contributed by atoms with Crippen molar-refractivity contribution >= 4 is 28.2 Å². The molecule has 0 N–H and O–H groups in total. The lowest BCUT2D eigenvalue weighted by atomic mass is 9.99. The minimum atomic E-state index is 0.434. The lowest BCUT2D eigenvalue weighted by Gasteiger charge is -2.33. The van der Waals surface area contributed by atoms with Gasteiger partial charge in [-0.25, -0.2) is 9.97 Å². The van der Waals surface area contributed by atoms with Crippen LogP contribution >= 0.6 is 11.6 Å². The highest BCUT2D eigenvalue weighted by atomic mass is 35.5. The van der Waals surface area contributed by atoms with Crippen LogP contribution in [0.5, 0.6) is 0 Å². The van der Waals surface area contributed by atoms with Crippen LogP contribution in [0.25, 0.3) is 10.8 Å². The molecule has 3 rings (SSSR count). The minimum Gasteiger partial charge on any atom is -0.356 e. The molecule has 0 unspecified atom stereocenters. The van der Waals surface area contributed by atoms with Gasteiger partial charge in [-0.05, 0) is 29.4 Å². The van der Waals surface area contributed by atoms with Gasteiger partial charge in [0.15, 0.2) is 0 Å². The number of hydrogen-bond acceptors (Lipinski definition) is 3. The van der Waals surface area contributed by atoms with Gasteiger partial charge in [0.1, 0.15) is 11.0 Å². The van der Waals surface area contributed by atoms with E-state index in [9.17, 15) is 4.39 Å². The highest BCUT2D eigenvalue weighted by Gasteiger charge is 2.20. The normalized spacial score (nSPS) is 14.0. The zero-order valence-electron chi connectivity index (χ0n) is 12.0. The summed E-state index contributed by atoms with van der Waals surface area (Å²) in [6, 6.07) is 1.96. The Morgan fingerprint density at radius 1 is 1.15 bits per heavy atom. The van der Waals surface area contributed by atoms with E-state index in [-0.39, 0.29) is 0 Å². The lowest BCUT2D eigenvalue weighted by Crippen LogP contribution is -2.37. The summed E-state index contributed by atoms with van der Waals surface area (Å²) in [5, 5.41) is 2.84. The topological polar surface area (TPSA) is 29.0 Å². The van der Waals surface area contributed by atoms with Gasteiger partial charge in [0.2, 0.25) is 0 Å². The van der Waals surface area contributed by atoms with Crippen molar-refractivity contribution in [2.24, 2.45) is 0 Å². The first-order chi connectivity index (χ1) is 9.66. The Balaban J connectivity index is 0.000000704. The number of rotatable bonds is 2. The van der Waals surface area contributed by atoms with Crippen molar-refractivity contribution in [3.63, 3.8) is 0 Å². The van der Waals surface area contributed by atoms with Gasteiger partial charge >= 0.3 is 0 Å². The SMILES string of the molecule is CC(C)c1cnc(N2CCC2)c2cnc(Cl)cc12.CF. The summed E-state index contributed by atoms with van der Waals surface area (Å²) >= 11 is 6.03. The summed E-state index contributed by atoms with van der Waals surface area (Å²) in [5.74, 6) is 1.48. The number of pyridine rings is 2. The first-order valence-corrected chi connectivity index (χ1v) is 7.11. The van der Waals surface area contributed by atoms with Gasteiger partial charge in [-0.2, -0.15) is 0 Å². The van der Waals surface area contributed by atoms with Gasteiger partial charge in [0.05, 0.1) is 7.18 Å². The minimum absolute atomic E-state index is 0.434. The molecule has 3 nitrogen and oxygen atoms in total. The molecule has 1 fully saturated rings. The highest BCUT2D eigenvalue weighted by Crippen LogP contribution is 2.33. The summed E-state index contributed by atoms with van der Waals surface area (Å²) in [6.45, 7) is 6.53. The van der Waals surface area contributed by atoms with Gasteiger partial charge in [-0.3, -0.25) is 4.39 Å². The standard InChI is InChI=1S/C14H16ClN3.CH3F/c1-9(2)11-7-17-14(18-4-3-5-18)12-8-16-13(15)6-10(11)12;1-2/h6-9H,3-5H2,1-2H3;1H3. The van der Waals surface area contributed by atoms with Crippen molar-refractivity contribution < 1.29 is 4.39 Å². The van der Waals surface area contributed by atoms with E-state index in [2.05, 4.69) is 28.7 Å². The highest BCUT2D eigenvalue weighted by molar-refractivity contribution is 6.30. The number of anilines is 1. The second kappa shape index (κ2) is 6.35. The molecule has 0 aliphatic carbocycles. The van der Waals surface area contributed by atoms with Crippen molar-refractivity contribution in [1.29, 1.82) is 0 Å². The van der Waals surface area contributed by atoms with Gasteiger partial charge in [0, 0.05) is 30.9 Å². The molecule has 1 aliphatic heterocycles. The van der Waals surface area contributed by atoms with E-state index in [1.165, 1.54) is 17.4 Å². The van der Waals surface area contributed by atoms with Crippen molar-refractivity contribution in [2.45, 2.75) is 26.2 Å². The van der Waals surface area contributed by atoms with Crippen LogP contribution in [0.3, 0.4) is 0 Å². The Morgan fingerprint density at radius 3 is 2.40 bits per heavy atom. The molecule has 20 heavy (non-hydrogen) atoms. The van der Waals surface area contributed by atoms with Crippen molar-refractivity contribution in [3.05, 3.63) is 29.2 Å². The van der Waals surface area contributed by atoms with E-state index >= 15 is 0 Å². The van der Waals surface area contributed by atoms with Crippen molar-refractivity contribution in [3.8, 4) is 0 Å². The Labute approximate surface area is 123 Å². The first-order valence-electron chi connectivity index (χ1n) is 6.73. The zero-order valence-corrected chi connectivity index (χ0v) is 12.8. The maximum Gasteiger partial charge on any atom is 0.137 e. The predicted molar refractivity (Wildman–Crippen MR) is 82.5 cm³/mol. The van der Waals surface area contributed by atoms with Crippen LogP contribution in [0.15, 0.2) is 18.5 Å². The van der Waals surface area contributed by atoms with Crippen LogP contribution in [0.2, 0.25) is 5.15 Å². The van der Waals surface area contributed by atoms with Crippen LogP contribution in [0.1, 0.15) is 31.7 Å². The summed E-state index contributed by atoms with van der Waals surface area (Å²) in [6.07, 6.45) is 5.08. The van der Waals surface area contributed by atoms with Crippen molar-refractivity contribution in [2.75, 3.05) is 25.2 Å².